The highest BCUT2D eigenvalue weighted by Crippen LogP contribution is 2.26. The van der Waals surface area contributed by atoms with Crippen LogP contribution in [0.15, 0.2) is 36.4 Å². The maximum atomic E-state index is 13.2. The van der Waals surface area contributed by atoms with Crippen molar-refractivity contribution in [2.24, 2.45) is 0 Å². The van der Waals surface area contributed by atoms with Gasteiger partial charge >= 0.3 is 0 Å². The van der Waals surface area contributed by atoms with Crippen molar-refractivity contribution in [3.05, 3.63) is 58.6 Å². The summed E-state index contributed by atoms with van der Waals surface area (Å²) in [5.74, 6) is -0.854. The Labute approximate surface area is 125 Å². The van der Waals surface area contributed by atoms with Crippen LogP contribution < -0.4 is 5.73 Å². The molecule has 0 radical (unpaired) electrons. The number of hydrogen-bond acceptors (Lipinski definition) is 2. The summed E-state index contributed by atoms with van der Waals surface area (Å²) in [6.45, 7) is 0.439. The molecule has 3 rings (SSSR count). The van der Waals surface area contributed by atoms with Crippen LogP contribution in [0.4, 0.5) is 14.7 Å². The third-order valence-corrected chi connectivity index (χ3v) is 3.60. The number of nitrogens with zero attached hydrogens (tertiary/aromatic N) is 2. The summed E-state index contributed by atoms with van der Waals surface area (Å²) in [7, 11) is 0. The number of nitrogens with two attached hydrogens (primary N) is 1. The number of halogens is 3. The van der Waals surface area contributed by atoms with Crippen molar-refractivity contribution in [2.45, 2.75) is 13.0 Å². The van der Waals surface area contributed by atoms with Gasteiger partial charge in [0.2, 0.25) is 5.95 Å². The molecule has 0 amide bonds. The first-order chi connectivity index (χ1) is 10.0. The second kappa shape index (κ2) is 5.33. The highest BCUT2D eigenvalue weighted by atomic mass is 35.5. The lowest BCUT2D eigenvalue weighted by Gasteiger charge is -2.08. The molecular weight excluding hydrogens is 296 g/mol. The Morgan fingerprint density at radius 1 is 1.14 bits per heavy atom. The monoisotopic (exact) mass is 307 g/mol. The number of aromatic nitrogens is 2. The van der Waals surface area contributed by atoms with Gasteiger partial charge in [-0.05, 0) is 36.2 Å². The Balaban J connectivity index is 1.93. The lowest BCUT2D eigenvalue weighted by atomic mass is 10.1. The number of rotatable bonds is 3. The summed E-state index contributed by atoms with van der Waals surface area (Å²) in [4.78, 5) is 4.23. The van der Waals surface area contributed by atoms with Crippen molar-refractivity contribution in [3.8, 4) is 0 Å². The van der Waals surface area contributed by atoms with Crippen LogP contribution in [0, 0.1) is 11.6 Å². The number of para-hydroxylation sites is 1. The van der Waals surface area contributed by atoms with E-state index in [9.17, 15) is 8.78 Å². The summed E-state index contributed by atoms with van der Waals surface area (Å²) >= 11 is 6.17. The highest BCUT2D eigenvalue weighted by Gasteiger charge is 2.11. The highest BCUT2D eigenvalue weighted by molar-refractivity contribution is 6.35. The van der Waals surface area contributed by atoms with Crippen LogP contribution in [0.5, 0.6) is 0 Å². The van der Waals surface area contributed by atoms with Crippen LogP contribution in [0.2, 0.25) is 5.02 Å². The van der Waals surface area contributed by atoms with E-state index >= 15 is 0 Å². The molecule has 3 aromatic rings. The van der Waals surface area contributed by atoms with Crippen LogP contribution in [0.25, 0.3) is 11.0 Å². The maximum absolute atomic E-state index is 13.2. The Bertz CT molecular complexity index is 794. The number of aryl methyl sites for hydroxylation is 2. The first-order valence-corrected chi connectivity index (χ1v) is 6.77. The minimum Gasteiger partial charge on any atom is -0.369 e. The van der Waals surface area contributed by atoms with E-state index in [1.807, 2.05) is 6.07 Å². The topological polar surface area (TPSA) is 43.8 Å². The van der Waals surface area contributed by atoms with Gasteiger partial charge in [-0.3, -0.25) is 0 Å². The number of anilines is 1. The van der Waals surface area contributed by atoms with E-state index in [-0.39, 0.29) is 0 Å². The molecule has 0 saturated heterocycles. The summed E-state index contributed by atoms with van der Waals surface area (Å²) in [6.07, 6.45) is 0.426. The normalized spacial score (nSPS) is 11.2. The third kappa shape index (κ3) is 2.69. The quantitative estimate of drug-likeness (QED) is 0.800. The second-order valence-corrected chi connectivity index (χ2v) is 5.16. The van der Waals surface area contributed by atoms with Crippen molar-refractivity contribution in [3.63, 3.8) is 0 Å². The Kier molecular flexibility index (Phi) is 3.51. The molecule has 0 saturated carbocycles. The van der Waals surface area contributed by atoms with Gasteiger partial charge in [0.1, 0.15) is 11.6 Å². The fourth-order valence-corrected chi connectivity index (χ4v) is 2.65. The van der Waals surface area contributed by atoms with Gasteiger partial charge in [-0.25, -0.2) is 13.8 Å². The molecule has 3 nitrogen and oxygen atoms in total. The molecule has 0 aliphatic rings. The predicted octanol–water partition coefficient (Wildman–Crippen LogP) is 3.79. The molecule has 0 aliphatic carbocycles. The standard InChI is InChI=1S/C15H12ClF2N3/c16-12-2-1-3-13-14(12)21(15(19)20-13)5-4-9-6-10(17)8-11(18)7-9/h1-3,6-8H,4-5H2,(H2,19,20). The molecule has 0 spiro atoms. The van der Waals surface area contributed by atoms with E-state index in [0.717, 1.165) is 11.6 Å². The van der Waals surface area contributed by atoms with E-state index in [1.165, 1.54) is 12.1 Å². The second-order valence-electron chi connectivity index (χ2n) is 4.76. The minimum atomic E-state index is -0.591. The Morgan fingerprint density at radius 2 is 1.86 bits per heavy atom. The molecule has 21 heavy (non-hydrogen) atoms. The van der Waals surface area contributed by atoms with Gasteiger partial charge in [-0.1, -0.05) is 17.7 Å². The largest absolute Gasteiger partial charge is 0.369 e. The average molecular weight is 308 g/mol. The third-order valence-electron chi connectivity index (χ3n) is 3.29. The molecule has 0 fully saturated rings. The fourth-order valence-electron chi connectivity index (χ4n) is 2.38. The van der Waals surface area contributed by atoms with Crippen molar-refractivity contribution < 1.29 is 8.78 Å². The van der Waals surface area contributed by atoms with E-state index in [4.69, 9.17) is 17.3 Å². The molecular formula is C15H12ClF2N3. The van der Waals surface area contributed by atoms with Crippen molar-refractivity contribution in [2.75, 3.05) is 5.73 Å². The first-order valence-electron chi connectivity index (χ1n) is 6.40. The van der Waals surface area contributed by atoms with Gasteiger partial charge in [0.05, 0.1) is 16.1 Å². The molecule has 0 unspecified atom stereocenters. The average Bonchev–Trinajstić information content (AvgIpc) is 2.72. The molecule has 0 atom stereocenters. The summed E-state index contributed by atoms with van der Waals surface area (Å²) in [5, 5.41) is 0.544. The fraction of sp³-hybridized carbons (Fsp3) is 0.133. The summed E-state index contributed by atoms with van der Waals surface area (Å²) in [5.41, 5.74) is 7.88. The smallest absolute Gasteiger partial charge is 0.201 e. The van der Waals surface area contributed by atoms with E-state index in [2.05, 4.69) is 4.98 Å². The van der Waals surface area contributed by atoms with Crippen molar-refractivity contribution in [1.29, 1.82) is 0 Å². The van der Waals surface area contributed by atoms with Gasteiger partial charge in [0.15, 0.2) is 0 Å². The predicted molar refractivity (Wildman–Crippen MR) is 79.2 cm³/mol. The molecule has 2 N–H and O–H groups in total. The number of fused-ring (bicyclic) bond motifs is 1. The molecule has 1 aromatic heterocycles. The number of nitrogen functional groups attached to an aromatic ring is 1. The SMILES string of the molecule is Nc1nc2cccc(Cl)c2n1CCc1cc(F)cc(F)c1. The van der Waals surface area contributed by atoms with E-state index in [0.29, 0.717) is 35.0 Å². The van der Waals surface area contributed by atoms with Gasteiger partial charge in [-0.15, -0.1) is 0 Å². The Morgan fingerprint density at radius 3 is 2.57 bits per heavy atom. The summed E-state index contributed by atoms with van der Waals surface area (Å²) < 4.78 is 28.1. The van der Waals surface area contributed by atoms with Crippen molar-refractivity contribution in [1.82, 2.24) is 9.55 Å². The van der Waals surface area contributed by atoms with Gasteiger partial charge in [0.25, 0.3) is 0 Å². The van der Waals surface area contributed by atoms with E-state index < -0.39 is 11.6 Å². The van der Waals surface area contributed by atoms with Crippen LogP contribution in [-0.2, 0) is 13.0 Å². The number of benzene rings is 2. The van der Waals surface area contributed by atoms with Gasteiger partial charge in [0, 0.05) is 12.6 Å². The molecule has 0 bridgehead atoms. The maximum Gasteiger partial charge on any atom is 0.201 e. The number of hydrogen-bond donors (Lipinski definition) is 1. The first kappa shape index (κ1) is 13.8. The van der Waals surface area contributed by atoms with Gasteiger partial charge < -0.3 is 10.3 Å². The molecule has 1 heterocycles. The summed E-state index contributed by atoms with van der Waals surface area (Å²) in [6, 6.07) is 8.82. The van der Waals surface area contributed by atoms with E-state index in [1.54, 1.807) is 16.7 Å². The van der Waals surface area contributed by atoms with Crippen LogP contribution in [0.1, 0.15) is 5.56 Å². The zero-order valence-corrected chi connectivity index (χ0v) is 11.7. The molecule has 0 aliphatic heterocycles. The molecule has 2 aromatic carbocycles. The van der Waals surface area contributed by atoms with Gasteiger partial charge in [-0.2, -0.15) is 0 Å². The Hall–Kier alpha value is -2.14. The molecule has 108 valence electrons. The lowest BCUT2D eigenvalue weighted by Crippen LogP contribution is -2.06. The lowest BCUT2D eigenvalue weighted by molar-refractivity contribution is 0.577. The van der Waals surface area contributed by atoms with Crippen LogP contribution in [-0.4, -0.2) is 9.55 Å². The zero-order valence-electron chi connectivity index (χ0n) is 11.0. The van der Waals surface area contributed by atoms with Crippen molar-refractivity contribution >= 4 is 28.6 Å². The molecule has 6 heteroatoms. The van der Waals surface area contributed by atoms with Crippen LogP contribution >= 0.6 is 11.6 Å². The minimum absolute atomic E-state index is 0.329. The zero-order chi connectivity index (χ0) is 15.0. The van der Waals surface area contributed by atoms with Crippen LogP contribution in [0.3, 0.4) is 0 Å². The number of imidazole rings is 1.